The van der Waals surface area contributed by atoms with E-state index in [4.69, 9.17) is 11.6 Å². The van der Waals surface area contributed by atoms with E-state index < -0.39 is 5.82 Å². The fraction of sp³-hybridized carbons (Fsp3) is 0.208. The van der Waals surface area contributed by atoms with E-state index in [1.807, 2.05) is 37.3 Å². The number of aryl methyl sites for hydroxylation is 2. The first-order chi connectivity index (χ1) is 14.5. The molecular formula is C24H21ClFN3O. The number of fused-ring (bicyclic) bond motifs is 1. The second-order valence-electron chi connectivity index (χ2n) is 7.36. The van der Waals surface area contributed by atoms with Crippen LogP contribution in [0.3, 0.4) is 0 Å². The van der Waals surface area contributed by atoms with Crippen molar-refractivity contribution >= 4 is 28.4 Å². The van der Waals surface area contributed by atoms with E-state index in [2.05, 4.69) is 15.0 Å². The Kier molecular flexibility index (Phi) is 5.91. The minimum Gasteiger partial charge on any atom is -0.344 e. The number of rotatable bonds is 7. The van der Waals surface area contributed by atoms with Crippen molar-refractivity contribution < 1.29 is 9.18 Å². The highest BCUT2D eigenvalue weighted by Gasteiger charge is 2.21. The van der Waals surface area contributed by atoms with Gasteiger partial charge >= 0.3 is 0 Å². The molecule has 0 saturated heterocycles. The number of ketones is 1. The van der Waals surface area contributed by atoms with Gasteiger partial charge < -0.3 is 4.98 Å². The molecule has 0 aliphatic carbocycles. The number of imidazole rings is 1. The summed E-state index contributed by atoms with van der Waals surface area (Å²) in [6.07, 6.45) is 5.16. The Bertz CT molecular complexity index is 1200. The highest BCUT2D eigenvalue weighted by molar-refractivity contribution is 6.30. The van der Waals surface area contributed by atoms with Crippen molar-refractivity contribution in [3.05, 3.63) is 93.8 Å². The van der Waals surface area contributed by atoms with E-state index in [9.17, 15) is 4.79 Å². The standard InChI is InChI=1S/C24H21ClFN3O/c1-15-11-17(25)9-8-16(15)12-20-19(13-21-24(23(20)26)29-14-28-21)22(30)7-4-6-18-5-2-3-10-27-18/h2-3,5,8-11,13-14H,4,6-7,12H2,1H3,(H,28,29). The van der Waals surface area contributed by atoms with Crippen molar-refractivity contribution in [2.24, 2.45) is 0 Å². The normalized spacial score (nSPS) is 11.2. The number of pyridine rings is 1. The number of aromatic amines is 1. The molecule has 1 N–H and O–H groups in total. The number of carbonyl (C=O) groups is 1. The van der Waals surface area contributed by atoms with Crippen molar-refractivity contribution in [2.75, 3.05) is 0 Å². The Labute approximate surface area is 179 Å². The Morgan fingerprint density at radius 1 is 1.17 bits per heavy atom. The number of nitrogens with one attached hydrogen (secondary N) is 1. The van der Waals surface area contributed by atoms with Crippen LogP contribution in [0.1, 0.15) is 45.6 Å². The second kappa shape index (κ2) is 8.76. The first kappa shape index (κ1) is 20.2. The molecule has 2 aromatic heterocycles. The number of halogens is 2. The molecule has 0 unspecified atom stereocenters. The molecule has 0 radical (unpaired) electrons. The molecule has 4 nitrogen and oxygen atoms in total. The predicted octanol–water partition coefficient (Wildman–Crippen LogP) is 5.86. The fourth-order valence-electron chi connectivity index (χ4n) is 3.66. The zero-order valence-corrected chi connectivity index (χ0v) is 17.3. The van der Waals surface area contributed by atoms with Gasteiger partial charge in [0.25, 0.3) is 0 Å². The van der Waals surface area contributed by atoms with Gasteiger partial charge in [0, 0.05) is 40.9 Å². The molecule has 4 rings (SSSR count). The van der Waals surface area contributed by atoms with Gasteiger partial charge in [-0.1, -0.05) is 23.7 Å². The van der Waals surface area contributed by atoms with Crippen molar-refractivity contribution in [3.63, 3.8) is 0 Å². The number of Topliss-reactive ketones (excluding diaryl/α,β-unsaturated/α-hetero) is 1. The Balaban J connectivity index is 1.63. The molecule has 0 aliphatic heterocycles. The Hall–Kier alpha value is -3.05. The van der Waals surface area contributed by atoms with Crippen LogP contribution in [0.15, 0.2) is 55.0 Å². The monoisotopic (exact) mass is 421 g/mol. The number of hydrogen-bond donors (Lipinski definition) is 1. The number of carbonyl (C=O) groups excluding carboxylic acids is 1. The number of benzene rings is 2. The van der Waals surface area contributed by atoms with E-state index in [0.29, 0.717) is 47.3 Å². The molecule has 152 valence electrons. The van der Waals surface area contributed by atoms with Crippen LogP contribution >= 0.6 is 11.6 Å². The third-order valence-corrected chi connectivity index (χ3v) is 5.53. The first-order valence-corrected chi connectivity index (χ1v) is 10.2. The summed E-state index contributed by atoms with van der Waals surface area (Å²) in [5.74, 6) is -0.529. The van der Waals surface area contributed by atoms with Gasteiger partial charge in [0.2, 0.25) is 0 Å². The Morgan fingerprint density at radius 2 is 2.03 bits per heavy atom. The molecule has 0 bridgehead atoms. The average molecular weight is 422 g/mol. The third-order valence-electron chi connectivity index (χ3n) is 5.29. The van der Waals surface area contributed by atoms with E-state index in [1.165, 1.54) is 6.33 Å². The van der Waals surface area contributed by atoms with Gasteiger partial charge in [-0.3, -0.25) is 9.78 Å². The summed E-state index contributed by atoms with van der Waals surface area (Å²) in [5, 5.41) is 0.630. The average Bonchev–Trinajstić information content (AvgIpc) is 3.21. The minimum absolute atomic E-state index is 0.0806. The molecule has 6 heteroatoms. The van der Waals surface area contributed by atoms with Crippen LogP contribution in [-0.4, -0.2) is 20.7 Å². The Morgan fingerprint density at radius 3 is 2.80 bits per heavy atom. The molecular weight excluding hydrogens is 401 g/mol. The van der Waals surface area contributed by atoms with Crippen LogP contribution in [0.2, 0.25) is 5.02 Å². The van der Waals surface area contributed by atoms with Crippen LogP contribution in [-0.2, 0) is 12.8 Å². The van der Waals surface area contributed by atoms with Gasteiger partial charge in [-0.15, -0.1) is 0 Å². The van der Waals surface area contributed by atoms with Crippen LogP contribution in [0.4, 0.5) is 4.39 Å². The molecule has 2 aromatic carbocycles. The summed E-state index contributed by atoms with van der Waals surface area (Å²) in [5.41, 5.74) is 4.38. The van der Waals surface area contributed by atoms with Crippen LogP contribution in [0, 0.1) is 12.7 Å². The van der Waals surface area contributed by atoms with Gasteiger partial charge in [0.15, 0.2) is 11.6 Å². The predicted molar refractivity (Wildman–Crippen MR) is 117 cm³/mol. The summed E-state index contributed by atoms with van der Waals surface area (Å²) >= 11 is 6.06. The molecule has 0 atom stereocenters. The maximum Gasteiger partial charge on any atom is 0.163 e. The molecule has 0 amide bonds. The van der Waals surface area contributed by atoms with Crippen molar-refractivity contribution in [2.45, 2.75) is 32.6 Å². The zero-order valence-electron chi connectivity index (χ0n) is 16.6. The van der Waals surface area contributed by atoms with Crippen molar-refractivity contribution in [1.29, 1.82) is 0 Å². The highest BCUT2D eigenvalue weighted by Crippen LogP contribution is 2.28. The van der Waals surface area contributed by atoms with Crippen LogP contribution < -0.4 is 0 Å². The lowest BCUT2D eigenvalue weighted by molar-refractivity contribution is 0.0979. The largest absolute Gasteiger partial charge is 0.344 e. The lowest BCUT2D eigenvalue weighted by atomic mass is 9.92. The molecule has 0 saturated carbocycles. The molecule has 0 spiro atoms. The van der Waals surface area contributed by atoms with Crippen molar-refractivity contribution in [3.8, 4) is 0 Å². The first-order valence-electron chi connectivity index (χ1n) is 9.85. The molecule has 2 heterocycles. The molecule has 0 aliphatic rings. The van der Waals surface area contributed by atoms with Crippen LogP contribution in [0.25, 0.3) is 11.0 Å². The van der Waals surface area contributed by atoms with Crippen molar-refractivity contribution in [1.82, 2.24) is 15.0 Å². The maximum absolute atomic E-state index is 15.3. The van der Waals surface area contributed by atoms with E-state index in [-0.39, 0.29) is 11.3 Å². The minimum atomic E-state index is -0.448. The van der Waals surface area contributed by atoms with E-state index in [1.54, 1.807) is 18.3 Å². The van der Waals surface area contributed by atoms with Gasteiger partial charge in [-0.2, -0.15) is 0 Å². The van der Waals surface area contributed by atoms with Gasteiger partial charge in [-0.25, -0.2) is 9.37 Å². The topological polar surface area (TPSA) is 58.6 Å². The molecule has 0 fully saturated rings. The molecule has 4 aromatic rings. The number of nitrogens with zero attached hydrogens (tertiary/aromatic N) is 2. The summed E-state index contributed by atoms with van der Waals surface area (Å²) in [7, 11) is 0. The quantitative estimate of drug-likeness (QED) is 0.380. The fourth-order valence-corrected chi connectivity index (χ4v) is 3.89. The number of aromatic nitrogens is 3. The maximum atomic E-state index is 15.3. The summed E-state index contributed by atoms with van der Waals surface area (Å²) in [6.45, 7) is 1.93. The lowest BCUT2D eigenvalue weighted by Crippen LogP contribution is -2.09. The smallest absolute Gasteiger partial charge is 0.163 e. The highest BCUT2D eigenvalue weighted by atomic mass is 35.5. The summed E-state index contributed by atoms with van der Waals surface area (Å²) in [6, 6.07) is 12.9. The van der Waals surface area contributed by atoms with E-state index >= 15 is 4.39 Å². The van der Waals surface area contributed by atoms with Gasteiger partial charge in [-0.05, 0) is 61.2 Å². The third kappa shape index (κ3) is 4.26. The second-order valence-corrected chi connectivity index (χ2v) is 7.80. The number of hydrogen-bond acceptors (Lipinski definition) is 3. The van der Waals surface area contributed by atoms with Crippen LogP contribution in [0.5, 0.6) is 0 Å². The van der Waals surface area contributed by atoms with Gasteiger partial charge in [0.1, 0.15) is 5.52 Å². The number of H-pyrrole nitrogens is 1. The summed E-state index contributed by atoms with van der Waals surface area (Å²) < 4.78 is 15.3. The van der Waals surface area contributed by atoms with Gasteiger partial charge in [0.05, 0.1) is 11.8 Å². The SMILES string of the molecule is Cc1cc(Cl)ccc1Cc1c(C(=O)CCCc2ccccn2)cc2[nH]cnc2c1F. The summed E-state index contributed by atoms with van der Waals surface area (Å²) in [4.78, 5) is 24.4. The lowest BCUT2D eigenvalue weighted by Gasteiger charge is -2.13. The molecule has 30 heavy (non-hydrogen) atoms. The van der Waals surface area contributed by atoms with E-state index in [0.717, 1.165) is 16.8 Å². The zero-order chi connectivity index (χ0) is 21.1.